The Kier molecular flexibility index (Phi) is 4.13. The second-order valence-corrected chi connectivity index (χ2v) is 5.30. The fourth-order valence-corrected chi connectivity index (χ4v) is 2.67. The smallest absolute Gasteiger partial charge is 0.0481 e. The summed E-state index contributed by atoms with van der Waals surface area (Å²) < 4.78 is 0. The summed E-state index contributed by atoms with van der Waals surface area (Å²) in [7, 11) is 4.19. The minimum atomic E-state index is 0.242. The molecule has 0 saturated carbocycles. The first kappa shape index (κ1) is 12.5. The highest BCUT2D eigenvalue weighted by molar-refractivity contribution is 5.27. The summed E-state index contributed by atoms with van der Waals surface area (Å²) in [6, 6.07) is 4.48. The maximum absolute atomic E-state index is 6.34. The number of nitrogens with two attached hydrogens (primary N) is 1. The maximum atomic E-state index is 6.34. The summed E-state index contributed by atoms with van der Waals surface area (Å²) in [5.74, 6) is 0.458. The Labute approximate surface area is 104 Å². The normalized spacial score (nSPS) is 21.3. The number of fused-ring (bicyclic) bond motifs is 1. The standard InChI is InChI=1S/C14H23N3/c1-17(2)10-8-13(15)12-7-3-5-11-6-4-9-16-14(11)12/h4,6,9,12-13H,3,5,7-8,10,15H2,1-2H3. The summed E-state index contributed by atoms with van der Waals surface area (Å²) in [6.07, 6.45) is 6.56. The van der Waals surface area contributed by atoms with Gasteiger partial charge < -0.3 is 10.6 Å². The molecule has 0 radical (unpaired) electrons. The van der Waals surface area contributed by atoms with E-state index in [1.54, 1.807) is 0 Å². The zero-order valence-electron chi connectivity index (χ0n) is 10.9. The quantitative estimate of drug-likeness (QED) is 0.862. The van der Waals surface area contributed by atoms with E-state index in [4.69, 9.17) is 5.73 Å². The van der Waals surface area contributed by atoms with Crippen LogP contribution >= 0.6 is 0 Å². The summed E-state index contributed by atoms with van der Waals surface area (Å²) >= 11 is 0. The van der Waals surface area contributed by atoms with Crippen LogP contribution in [0.2, 0.25) is 0 Å². The molecule has 0 aliphatic heterocycles. The first-order valence-electron chi connectivity index (χ1n) is 6.52. The topological polar surface area (TPSA) is 42.1 Å². The molecule has 2 N–H and O–H groups in total. The number of hydrogen-bond donors (Lipinski definition) is 1. The first-order chi connectivity index (χ1) is 8.18. The molecule has 1 aliphatic carbocycles. The summed E-state index contributed by atoms with van der Waals surface area (Å²) in [5.41, 5.74) is 9.01. The third-order valence-electron chi connectivity index (χ3n) is 3.67. The van der Waals surface area contributed by atoms with Crippen molar-refractivity contribution in [1.82, 2.24) is 9.88 Å². The molecular formula is C14H23N3. The van der Waals surface area contributed by atoms with Gasteiger partial charge in [-0.2, -0.15) is 0 Å². The lowest BCUT2D eigenvalue weighted by molar-refractivity contribution is 0.348. The Morgan fingerprint density at radius 1 is 1.53 bits per heavy atom. The van der Waals surface area contributed by atoms with E-state index in [1.165, 1.54) is 30.5 Å². The molecule has 0 amide bonds. The first-order valence-corrected chi connectivity index (χ1v) is 6.52. The van der Waals surface area contributed by atoms with Crippen LogP contribution in [0.4, 0.5) is 0 Å². The highest BCUT2D eigenvalue weighted by atomic mass is 15.0. The van der Waals surface area contributed by atoms with Gasteiger partial charge in [0.2, 0.25) is 0 Å². The van der Waals surface area contributed by atoms with E-state index < -0.39 is 0 Å². The number of nitrogens with zero attached hydrogens (tertiary/aromatic N) is 2. The van der Waals surface area contributed by atoms with Gasteiger partial charge in [-0.25, -0.2) is 0 Å². The third-order valence-corrected chi connectivity index (χ3v) is 3.67. The second kappa shape index (κ2) is 5.61. The Morgan fingerprint density at radius 3 is 3.12 bits per heavy atom. The number of aromatic nitrogens is 1. The van der Waals surface area contributed by atoms with Crippen LogP contribution < -0.4 is 5.73 Å². The third kappa shape index (κ3) is 3.05. The Bertz CT molecular complexity index is 362. The van der Waals surface area contributed by atoms with Gasteiger partial charge in [0, 0.05) is 23.9 Å². The molecule has 17 heavy (non-hydrogen) atoms. The lowest BCUT2D eigenvalue weighted by Gasteiger charge is -2.29. The van der Waals surface area contributed by atoms with Crippen LogP contribution in [-0.2, 0) is 6.42 Å². The van der Waals surface area contributed by atoms with Gasteiger partial charge in [-0.15, -0.1) is 0 Å². The summed E-state index contributed by atoms with van der Waals surface area (Å²) in [6.45, 7) is 1.06. The molecule has 0 fully saturated rings. The fourth-order valence-electron chi connectivity index (χ4n) is 2.67. The van der Waals surface area contributed by atoms with Gasteiger partial charge in [-0.3, -0.25) is 4.98 Å². The van der Waals surface area contributed by atoms with E-state index in [9.17, 15) is 0 Å². The van der Waals surface area contributed by atoms with Gasteiger partial charge in [0.1, 0.15) is 0 Å². The van der Waals surface area contributed by atoms with E-state index in [0.717, 1.165) is 13.0 Å². The average Bonchev–Trinajstić information content (AvgIpc) is 2.35. The molecule has 2 atom stereocenters. The van der Waals surface area contributed by atoms with Crippen molar-refractivity contribution in [1.29, 1.82) is 0 Å². The number of aryl methyl sites for hydroxylation is 1. The van der Waals surface area contributed by atoms with Crippen molar-refractivity contribution in [3.63, 3.8) is 0 Å². The van der Waals surface area contributed by atoms with Crippen molar-refractivity contribution in [2.45, 2.75) is 37.6 Å². The van der Waals surface area contributed by atoms with Crippen LogP contribution in [0.3, 0.4) is 0 Å². The zero-order chi connectivity index (χ0) is 12.3. The molecule has 0 spiro atoms. The molecule has 0 bridgehead atoms. The Balaban J connectivity index is 2.07. The molecule has 2 unspecified atom stereocenters. The van der Waals surface area contributed by atoms with Crippen molar-refractivity contribution in [3.8, 4) is 0 Å². The van der Waals surface area contributed by atoms with Crippen molar-refractivity contribution in [2.75, 3.05) is 20.6 Å². The van der Waals surface area contributed by atoms with Gasteiger partial charge in [0.25, 0.3) is 0 Å². The average molecular weight is 233 g/mol. The molecular weight excluding hydrogens is 210 g/mol. The van der Waals surface area contributed by atoms with E-state index in [2.05, 4.69) is 30.0 Å². The molecule has 1 aromatic heterocycles. The molecule has 1 heterocycles. The number of pyridine rings is 1. The van der Waals surface area contributed by atoms with Crippen molar-refractivity contribution in [3.05, 3.63) is 29.6 Å². The van der Waals surface area contributed by atoms with Crippen molar-refractivity contribution < 1.29 is 0 Å². The number of hydrogen-bond acceptors (Lipinski definition) is 3. The molecule has 1 aromatic rings. The SMILES string of the molecule is CN(C)CCC(N)C1CCCc2cccnc21. The van der Waals surface area contributed by atoms with E-state index in [0.29, 0.717) is 5.92 Å². The highest BCUT2D eigenvalue weighted by Crippen LogP contribution is 2.32. The van der Waals surface area contributed by atoms with Gasteiger partial charge in [-0.05, 0) is 58.0 Å². The largest absolute Gasteiger partial charge is 0.327 e. The second-order valence-electron chi connectivity index (χ2n) is 5.30. The molecule has 3 nitrogen and oxygen atoms in total. The van der Waals surface area contributed by atoms with Gasteiger partial charge in [0.05, 0.1) is 0 Å². The van der Waals surface area contributed by atoms with Crippen LogP contribution in [0.25, 0.3) is 0 Å². The van der Waals surface area contributed by atoms with Crippen molar-refractivity contribution >= 4 is 0 Å². The highest BCUT2D eigenvalue weighted by Gasteiger charge is 2.26. The molecule has 2 rings (SSSR count). The lowest BCUT2D eigenvalue weighted by atomic mass is 9.81. The summed E-state index contributed by atoms with van der Waals surface area (Å²) in [5, 5.41) is 0. The van der Waals surface area contributed by atoms with Gasteiger partial charge in [0.15, 0.2) is 0 Å². The minimum Gasteiger partial charge on any atom is -0.327 e. The van der Waals surface area contributed by atoms with Crippen molar-refractivity contribution in [2.24, 2.45) is 5.73 Å². The monoisotopic (exact) mass is 233 g/mol. The molecule has 0 aromatic carbocycles. The van der Waals surface area contributed by atoms with Gasteiger partial charge >= 0.3 is 0 Å². The minimum absolute atomic E-state index is 0.242. The summed E-state index contributed by atoms with van der Waals surface area (Å²) in [4.78, 5) is 6.75. The Hall–Kier alpha value is -0.930. The predicted molar refractivity (Wildman–Crippen MR) is 71.1 cm³/mol. The van der Waals surface area contributed by atoms with Crippen LogP contribution in [-0.4, -0.2) is 36.6 Å². The predicted octanol–water partition coefficient (Wildman–Crippen LogP) is 1.78. The number of rotatable bonds is 4. The maximum Gasteiger partial charge on any atom is 0.0481 e. The van der Waals surface area contributed by atoms with Crippen LogP contribution in [0.5, 0.6) is 0 Å². The fraction of sp³-hybridized carbons (Fsp3) is 0.643. The van der Waals surface area contributed by atoms with Gasteiger partial charge in [-0.1, -0.05) is 6.07 Å². The van der Waals surface area contributed by atoms with Crippen LogP contribution in [0, 0.1) is 0 Å². The van der Waals surface area contributed by atoms with E-state index in [1.807, 2.05) is 12.3 Å². The zero-order valence-corrected chi connectivity index (χ0v) is 10.9. The van der Waals surface area contributed by atoms with E-state index >= 15 is 0 Å². The molecule has 3 heteroatoms. The van der Waals surface area contributed by atoms with Crippen LogP contribution in [0.1, 0.15) is 36.4 Å². The Morgan fingerprint density at radius 2 is 2.35 bits per heavy atom. The lowest BCUT2D eigenvalue weighted by Crippen LogP contribution is -2.34. The van der Waals surface area contributed by atoms with Crippen LogP contribution in [0.15, 0.2) is 18.3 Å². The molecule has 94 valence electrons. The molecule has 1 aliphatic rings. The molecule has 0 saturated heterocycles. The van der Waals surface area contributed by atoms with E-state index in [-0.39, 0.29) is 6.04 Å².